The topological polar surface area (TPSA) is 20.2 Å². The first-order valence-corrected chi connectivity index (χ1v) is 5.86. The molecule has 0 aliphatic carbocycles. The van der Waals surface area contributed by atoms with Crippen LogP contribution in [0.25, 0.3) is 0 Å². The Balaban J connectivity index is 3.10. The van der Waals surface area contributed by atoms with E-state index in [2.05, 4.69) is 36.7 Å². The molecule has 0 heterocycles. The molecule has 0 unspecified atom stereocenters. The molecular formula is C12H17BrO. The van der Waals surface area contributed by atoms with Crippen molar-refractivity contribution in [1.82, 2.24) is 0 Å². The molecule has 0 atom stereocenters. The Kier molecular flexibility index (Phi) is 3.99. The molecule has 0 aliphatic rings. The molecule has 1 N–H and O–H groups in total. The molecule has 0 amide bonds. The van der Waals surface area contributed by atoms with Crippen LogP contribution in [0, 0.1) is 0 Å². The summed E-state index contributed by atoms with van der Waals surface area (Å²) in [5.74, 6) is 0.865. The van der Waals surface area contributed by atoms with Crippen LogP contribution in [0.4, 0.5) is 0 Å². The van der Waals surface area contributed by atoms with E-state index in [1.807, 2.05) is 12.1 Å². The molecule has 1 nitrogen and oxygen atoms in total. The number of benzene rings is 1. The number of rotatable bonds is 3. The van der Waals surface area contributed by atoms with Gasteiger partial charge in [0.15, 0.2) is 0 Å². The summed E-state index contributed by atoms with van der Waals surface area (Å²) >= 11 is 3.54. The summed E-state index contributed by atoms with van der Waals surface area (Å²) in [6.07, 6.45) is 1.99. The van der Waals surface area contributed by atoms with Gasteiger partial charge in [-0.1, -0.05) is 43.1 Å². The van der Waals surface area contributed by atoms with E-state index in [1.54, 1.807) is 0 Å². The lowest BCUT2D eigenvalue weighted by Crippen LogP contribution is -1.92. The van der Waals surface area contributed by atoms with E-state index < -0.39 is 0 Å². The lowest BCUT2D eigenvalue weighted by molar-refractivity contribution is 0.466. The molecular weight excluding hydrogens is 240 g/mol. The van der Waals surface area contributed by atoms with E-state index in [1.165, 1.54) is 5.56 Å². The van der Waals surface area contributed by atoms with Crippen molar-refractivity contribution in [3.63, 3.8) is 0 Å². The molecule has 14 heavy (non-hydrogen) atoms. The second-order valence-corrected chi connectivity index (χ2v) is 4.76. The highest BCUT2D eigenvalue weighted by Gasteiger charge is 2.09. The normalized spacial score (nSPS) is 10.9. The predicted molar refractivity (Wildman–Crippen MR) is 63.9 cm³/mol. The Morgan fingerprint density at radius 2 is 2.00 bits per heavy atom. The molecule has 0 saturated heterocycles. The zero-order valence-corrected chi connectivity index (χ0v) is 10.6. The van der Waals surface area contributed by atoms with Crippen LogP contribution in [0.2, 0.25) is 0 Å². The van der Waals surface area contributed by atoms with E-state index in [4.69, 9.17) is 0 Å². The zero-order valence-electron chi connectivity index (χ0n) is 8.97. The fourth-order valence-corrected chi connectivity index (χ4v) is 2.38. The highest BCUT2D eigenvalue weighted by Crippen LogP contribution is 2.31. The van der Waals surface area contributed by atoms with Gasteiger partial charge in [0.25, 0.3) is 0 Å². The van der Waals surface area contributed by atoms with Gasteiger partial charge >= 0.3 is 0 Å². The Labute approximate surface area is 94.3 Å². The molecule has 1 aromatic rings. The van der Waals surface area contributed by atoms with Crippen LogP contribution in [0.5, 0.6) is 5.75 Å². The molecule has 78 valence electrons. The van der Waals surface area contributed by atoms with Gasteiger partial charge in [-0.25, -0.2) is 0 Å². The third kappa shape index (κ3) is 2.50. The molecule has 0 radical (unpaired) electrons. The lowest BCUT2D eigenvalue weighted by atomic mass is 9.99. The average molecular weight is 257 g/mol. The van der Waals surface area contributed by atoms with Crippen LogP contribution >= 0.6 is 15.9 Å². The van der Waals surface area contributed by atoms with Crippen molar-refractivity contribution in [3.8, 4) is 5.75 Å². The second-order valence-electron chi connectivity index (χ2n) is 3.91. The lowest BCUT2D eigenvalue weighted by Gasteiger charge is -2.12. The van der Waals surface area contributed by atoms with Crippen LogP contribution < -0.4 is 0 Å². The summed E-state index contributed by atoms with van der Waals surface area (Å²) in [5.41, 5.74) is 2.20. The first-order chi connectivity index (χ1) is 6.56. The predicted octanol–water partition coefficient (Wildman–Crippen LogP) is 4.23. The van der Waals surface area contributed by atoms with Crippen molar-refractivity contribution in [2.24, 2.45) is 0 Å². The molecule has 0 bridgehead atoms. The summed E-state index contributed by atoms with van der Waals surface area (Å²) in [6.45, 7) is 6.36. The minimum atomic E-state index is 0.429. The SMILES string of the molecule is CCCc1cc(Br)c(C(C)C)cc1O. The van der Waals surface area contributed by atoms with Crippen LogP contribution in [0.1, 0.15) is 44.2 Å². The van der Waals surface area contributed by atoms with E-state index in [-0.39, 0.29) is 0 Å². The van der Waals surface area contributed by atoms with Gasteiger partial charge in [0.1, 0.15) is 5.75 Å². The Morgan fingerprint density at radius 1 is 1.36 bits per heavy atom. The third-order valence-electron chi connectivity index (χ3n) is 2.34. The van der Waals surface area contributed by atoms with Crippen molar-refractivity contribution in [3.05, 3.63) is 27.7 Å². The van der Waals surface area contributed by atoms with Gasteiger partial charge < -0.3 is 5.11 Å². The van der Waals surface area contributed by atoms with Crippen molar-refractivity contribution in [1.29, 1.82) is 0 Å². The summed E-state index contributed by atoms with van der Waals surface area (Å²) in [4.78, 5) is 0. The highest BCUT2D eigenvalue weighted by atomic mass is 79.9. The average Bonchev–Trinajstić information content (AvgIpc) is 2.10. The minimum absolute atomic E-state index is 0.429. The number of hydrogen-bond donors (Lipinski definition) is 1. The van der Waals surface area contributed by atoms with Gasteiger partial charge in [-0.15, -0.1) is 0 Å². The van der Waals surface area contributed by atoms with Gasteiger partial charge in [0, 0.05) is 4.47 Å². The maximum absolute atomic E-state index is 9.77. The van der Waals surface area contributed by atoms with Gasteiger partial charge in [-0.05, 0) is 35.6 Å². The first-order valence-electron chi connectivity index (χ1n) is 5.07. The number of aromatic hydroxyl groups is 1. The standard InChI is InChI=1S/C12H17BrO/c1-4-5-9-6-11(13)10(8(2)3)7-12(9)14/h6-8,14H,4-5H2,1-3H3. The van der Waals surface area contributed by atoms with Crippen molar-refractivity contribution >= 4 is 15.9 Å². The monoisotopic (exact) mass is 256 g/mol. The van der Waals surface area contributed by atoms with Crippen LogP contribution in [-0.2, 0) is 6.42 Å². The minimum Gasteiger partial charge on any atom is -0.508 e. The molecule has 0 saturated carbocycles. The van der Waals surface area contributed by atoms with Crippen molar-refractivity contribution in [2.45, 2.75) is 39.5 Å². The number of aryl methyl sites for hydroxylation is 1. The maximum Gasteiger partial charge on any atom is 0.119 e. The van der Waals surface area contributed by atoms with E-state index in [9.17, 15) is 5.11 Å². The summed E-state index contributed by atoms with van der Waals surface area (Å²) in [7, 11) is 0. The van der Waals surface area contributed by atoms with Gasteiger partial charge in [0.2, 0.25) is 0 Å². The molecule has 1 rings (SSSR count). The maximum atomic E-state index is 9.77. The molecule has 2 heteroatoms. The van der Waals surface area contributed by atoms with Crippen LogP contribution in [0.15, 0.2) is 16.6 Å². The van der Waals surface area contributed by atoms with Gasteiger partial charge in [-0.2, -0.15) is 0 Å². The largest absolute Gasteiger partial charge is 0.508 e. The number of halogens is 1. The fourth-order valence-electron chi connectivity index (χ4n) is 1.53. The van der Waals surface area contributed by atoms with Crippen LogP contribution in [0.3, 0.4) is 0 Å². The Morgan fingerprint density at radius 3 is 2.50 bits per heavy atom. The highest BCUT2D eigenvalue weighted by molar-refractivity contribution is 9.10. The molecule has 0 spiro atoms. The Hall–Kier alpha value is -0.500. The number of phenolic OH excluding ortho intramolecular Hbond substituents is 1. The van der Waals surface area contributed by atoms with E-state index in [0.29, 0.717) is 11.7 Å². The molecule has 1 aromatic carbocycles. The van der Waals surface area contributed by atoms with Crippen molar-refractivity contribution < 1.29 is 5.11 Å². The fraction of sp³-hybridized carbons (Fsp3) is 0.500. The van der Waals surface area contributed by atoms with E-state index in [0.717, 1.165) is 22.9 Å². The summed E-state index contributed by atoms with van der Waals surface area (Å²) in [5, 5.41) is 9.77. The number of phenols is 1. The number of hydrogen-bond acceptors (Lipinski definition) is 1. The third-order valence-corrected chi connectivity index (χ3v) is 3.03. The van der Waals surface area contributed by atoms with Crippen LogP contribution in [-0.4, -0.2) is 5.11 Å². The quantitative estimate of drug-likeness (QED) is 0.859. The molecule has 0 aliphatic heterocycles. The summed E-state index contributed by atoms with van der Waals surface area (Å²) < 4.78 is 1.11. The first kappa shape index (κ1) is 11.6. The van der Waals surface area contributed by atoms with E-state index >= 15 is 0 Å². The second kappa shape index (κ2) is 4.83. The van der Waals surface area contributed by atoms with Gasteiger partial charge in [-0.3, -0.25) is 0 Å². The zero-order chi connectivity index (χ0) is 10.7. The molecule has 0 aromatic heterocycles. The molecule has 0 fully saturated rings. The summed E-state index contributed by atoms with van der Waals surface area (Å²) in [6, 6.07) is 3.91. The Bertz CT molecular complexity index is 318. The van der Waals surface area contributed by atoms with Crippen molar-refractivity contribution in [2.75, 3.05) is 0 Å². The van der Waals surface area contributed by atoms with Gasteiger partial charge in [0.05, 0.1) is 0 Å². The smallest absolute Gasteiger partial charge is 0.119 e.